The van der Waals surface area contributed by atoms with Gasteiger partial charge in [-0.3, -0.25) is 9.67 Å². The van der Waals surface area contributed by atoms with Crippen molar-refractivity contribution in [2.45, 2.75) is 6.92 Å². The third kappa shape index (κ3) is 2.81. The van der Waals surface area contributed by atoms with Crippen molar-refractivity contribution in [1.82, 2.24) is 14.8 Å². The summed E-state index contributed by atoms with van der Waals surface area (Å²) in [6.45, 7) is 5.61. The quantitative estimate of drug-likeness (QED) is 0.646. The molecule has 1 aromatic heterocycles. The highest BCUT2D eigenvalue weighted by atomic mass is 35.5. The van der Waals surface area contributed by atoms with Gasteiger partial charge in [0.15, 0.2) is 10.6 Å². The largest absolute Gasteiger partial charge is 0.268 e. The molecule has 0 fully saturated rings. The predicted octanol–water partition coefficient (Wildman–Crippen LogP) is 4.86. The molecule has 5 heteroatoms. The maximum atomic E-state index is 6.24. The Kier molecular flexibility index (Phi) is 4.71. The smallest absolute Gasteiger partial charge is 0.200 e. The summed E-state index contributed by atoms with van der Waals surface area (Å²) in [4.78, 5) is 0. The van der Waals surface area contributed by atoms with Crippen molar-refractivity contribution in [2.24, 2.45) is 0 Å². The van der Waals surface area contributed by atoms with Crippen LogP contribution >= 0.6 is 23.8 Å². The summed E-state index contributed by atoms with van der Waals surface area (Å²) in [5.41, 5.74) is 1.73. The number of aromatic nitrogens is 3. The fourth-order valence-corrected chi connectivity index (χ4v) is 2.28. The van der Waals surface area contributed by atoms with Crippen molar-refractivity contribution in [1.29, 1.82) is 0 Å². The van der Waals surface area contributed by atoms with Crippen LogP contribution in [0.15, 0.2) is 55.1 Å². The third-order valence-corrected chi connectivity index (χ3v) is 3.35. The van der Waals surface area contributed by atoms with E-state index in [1.807, 2.05) is 54.0 Å². The highest BCUT2D eigenvalue weighted by molar-refractivity contribution is 7.71. The molecule has 0 amide bonds. The first-order valence-corrected chi connectivity index (χ1v) is 6.85. The molecule has 0 atom stereocenters. The molecule has 0 unspecified atom stereocenters. The van der Waals surface area contributed by atoms with Crippen LogP contribution in [0, 0.1) is 4.77 Å². The van der Waals surface area contributed by atoms with Gasteiger partial charge in [-0.15, -0.1) is 0 Å². The van der Waals surface area contributed by atoms with Crippen LogP contribution in [0.2, 0.25) is 5.02 Å². The second-order valence-corrected chi connectivity index (χ2v) is 4.77. The summed E-state index contributed by atoms with van der Waals surface area (Å²) in [5, 5.41) is 7.73. The number of nitrogens with zero attached hydrogens (tertiary/aromatic N) is 2. The second kappa shape index (κ2) is 6.50. The SMILES string of the molecule is C=C/C=C\C(=C/C)n1c(-c2ccccc2Cl)n[nH]c1=S. The first-order chi connectivity index (χ1) is 9.69. The number of hydrogen-bond acceptors (Lipinski definition) is 2. The van der Waals surface area contributed by atoms with E-state index in [0.717, 1.165) is 11.3 Å². The fourth-order valence-electron chi connectivity index (χ4n) is 1.83. The summed E-state index contributed by atoms with van der Waals surface area (Å²) in [5.74, 6) is 0.683. The Morgan fingerprint density at radius 3 is 2.85 bits per heavy atom. The van der Waals surface area contributed by atoms with Crippen molar-refractivity contribution in [2.75, 3.05) is 0 Å². The maximum Gasteiger partial charge on any atom is 0.200 e. The van der Waals surface area contributed by atoms with E-state index >= 15 is 0 Å². The summed E-state index contributed by atoms with van der Waals surface area (Å²) in [6, 6.07) is 7.53. The molecule has 0 bridgehead atoms. The Morgan fingerprint density at radius 2 is 2.20 bits per heavy atom. The molecule has 3 nitrogen and oxygen atoms in total. The monoisotopic (exact) mass is 303 g/mol. The van der Waals surface area contributed by atoms with E-state index < -0.39 is 0 Å². The van der Waals surface area contributed by atoms with Gasteiger partial charge in [0.1, 0.15) is 0 Å². The molecule has 0 spiro atoms. The van der Waals surface area contributed by atoms with Gasteiger partial charge in [-0.2, -0.15) is 5.10 Å². The molecular formula is C15H14ClN3S. The van der Waals surface area contributed by atoms with Gasteiger partial charge in [-0.05, 0) is 37.4 Å². The minimum absolute atomic E-state index is 0.515. The van der Waals surface area contributed by atoms with Crippen LogP contribution in [0.3, 0.4) is 0 Å². The van der Waals surface area contributed by atoms with E-state index in [2.05, 4.69) is 16.8 Å². The van der Waals surface area contributed by atoms with Crippen molar-refractivity contribution in [3.05, 3.63) is 64.9 Å². The van der Waals surface area contributed by atoms with E-state index in [0.29, 0.717) is 15.6 Å². The number of nitrogens with one attached hydrogen (secondary N) is 1. The van der Waals surface area contributed by atoms with Crippen LogP contribution in [0.5, 0.6) is 0 Å². The summed E-state index contributed by atoms with van der Waals surface area (Å²) >= 11 is 11.5. The zero-order valence-electron chi connectivity index (χ0n) is 11.0. The minimum Gasteiger partial charge on any atom is -0.268 e. The molecule has 2 rings (SSSR count). The number of allylic oxidation sites excluding steroid dienone is 5. The fraction of sp³-hybridized carbons (Fsp3) is 0.0667. The summed E-state index contributed by atoms with van der Waals surface area (Å²) < 4.78 is 2.36. The topological polar surface area (TPSA) is 33.6 Å². The number of halogens is 1. The first-order valence-electron chi connectivity index (χ1n) is 6.07. The number of H-pyrrole nitrogens is 1. The zero-order chi connectivity index (χ0) is 14.5. The van der Waals surface area contributed by atoms with E-state index in [1.165, 1.54) is 0 Å². The van der Waals surface area contributed by atoms with Gasteiger partial charge < -0.3 is 0 Å². The van der Waals surface area contributed by atoms with Gasteiger partial charge in [-0.25, -0.2) is 0 Å². The highest BCUT2D eigenvalue weighted by Gasteiger charge is 2.13. The number of rotatable bonds is 4. The number of benzene rings is 1. The molecule has 1 aromatic carbocycles. The normalized spacial score (nSPS) is 12.0. The molecule has 20 heavy (non-hydrogen) atoms. The molecule has 1 heterocycles. The summed E-state index contributed by atoms with van der Waals surface area (Å²) in [6.07, 6.45) is 7.42. The average molecular weight is 304 g/mol. The minimum atomic E-state index is 0.515. The van der Waals surface area contributed by atoms with Crippen molar-refractivity contribution >= 4 is 29.5 Å². The predicted molar refractivity (Wildman–Crippen MR) is 87.1 cm³/mol. The van der Waals surface area contributed by atoms with Crippen LogP contribution in [-0.4, -0.2) is 14.8 Å². The number of hydrogen-bond donors (Lipinski definition) is 1. The summed E-state index contributed by atoms with van der Waals surface area (Å²) in [7, 11) is 0. The van der Waals surface area contributed by atoms with Crippen molar-refractivity contribution < 1.29 is 0 Å². The van der Waals surface area contributed by atoms with Crippen LogP contribution in [0.1, 0.15) is 6.92 Å². The van der Waals surface area contributed by atoms with Crippen LogP contribution < -0.4 is 0 Å². The van der Waals surface area contributed by atoms with E-state index in [-0.39, 0.29) is 0 Å². The Balaban J connectivity index is 2.64. The van der Waals surface area contributed by atoms with Gasteiger partial charge in [0.25, 0.3) is 0 Å². The Bertz CT molecular complexity index is 738. The van der Waals surface area contributed by atoms with Gasteiger partial charge in [0, 0.05) is 11.3 Å². The van der Waals surface area contributed by atoms with Gasteiger partial charge in [-0.1, -0.05) is 48.5 Å². The lowest BCUT2D eigenvalue weighted by Crippen LogP contribution is -1.98. The van der Waals surface area contributed by atoms with Crippen molar-refractivity contribution in [3.63, 3.8) is 0 Å². The van der Waals surface area contributed by atoms with Crippen LogP contribution in [-0.2, 0) is 0 Å². The molecule has 0 aliphatic rings. The molecule has 0 aliphatic carbocycles. The molecule has 102 valence electrons. The highest BCUT2D eigenvalue weighted by Crippen LogP contribution is 2.28. The lowest BCUT2D eigenvalue weighted by molar-refractivity contribution is 1.06. The lowest BCUT2D eigenvalue weighted by Gasteiger charge is -2.08. The molecular weight excluding hydrogens is 290 g/mol. The van der Waals surface area contributed by atoms with E-state index in [4.69, 9.17) is 23.8 Å². The lowest BCUT2D eigenvalue weighted by atomic mass is 10.2. The van der Waals surface area contributed by atoms with Gasteiger partial charge >= 0.3 is 0 Å². The Morgan fingerprint density at radius 1 is 1.45 bits per heavy atom. The Hall–Kier alpha value is -1.91. The molecule has 0 radical (unpaired) electrons. The molecule has 0 aliphatic heterocycles. The zero-order valence-corrected chi connectivity index (χ0v) is 12.6. The third-order valence-electron chi connectivity index (χ3n) is 2.74. The van der Waals surface area contributed by atoms with E-state index in [9.17, 15) is 0 Å². The molecule has 1 N–H and O–H groups in total. The van der Waals surface area contributed by atoms with E-state index in [1.54, 1.807) is 6.08 Å². The maximum absolute atomic E-state index is 6.24. The van der Waals surface area contributed by atoms with Crippen LogP contribution in [0.25, 0.3) is 17.1 Å². The molecule has 0 saturated carbocycles. The standard InChI is InChI=1S/C15H14ClN3S/c1-3-5-8-11(4-2)19-14(17-18-15(19)20)12-9-6-7-10-13(12)16/h3-10H,1H2,2H3,(H,18,20)/b8-5-,11-4+. The number of aromatic amines is 1. The first kappa shape index (κ1) is 14.5. The average Bonchev–Trinajstić information content (AvgIpc) is 2.83. The van der Waals surface area contributed by atoms with Crippen molar-refractivity contribution in [3.8, 4) is 11.4 Å². The van der Waals surface area contributed by atoms with Crippen LogP contribution in [0.4, 0.5) is 0 Å². The van der Waals surface area contributed by atoms with Gasteiger partial charge in [0.05, 0.1) is 5.02 Å². The van der Waals surface area contributed by atoms with Gasteiger partial charge in [0.2, 0.25) is 0 Å². The molecule has 0 saturated heterocycles. The Labute approximate surface area is 127 Å². The molecule has 2 aromatic rings. The second-order valence-electron chi connectivity index (χ2n) is 3.98.